The van der Waals surface area contributed by atoms with Crippen molar-refractivity contribution in [2.24, 2.45) is 0 Å². The van der Waals surface area contributed by atoms with Gasteiger partial charge in [-0.1, -0.05) is 103 Å². The normalized spacial score (nSPS) is 11.5. The van der Waals surface area contributed by atoms with Gasteiger partial charge in [0.1, 0.15) is 10.7 Å². The van der Waals surface area contributed by atoms with Crippen LogP contribution >= 0.6 is 11.6 Å². The van der Waals surface area contributed by atoms with Crippen LogP contribution in [0, 0.1) is 6.08 Å². The van der Waals surface area contributed by atoms with E-state index in [1.807, 2.05) is 91.0 Å². The van der Waals surface area contributed by atoms with Crippen molar-refractivity contribution in [3.8, 4) is 0 Å². The van der Waals surface area contributed by atoms with Gasteiger partial charge in [0.15, 0.2) is 0 Å². The SMILES string of the molecule is Fc1nc(Cl)cn1C(c1ccccc1)(c1ccccc1)c1ccccc1. The van der Waals surface area contributed by atoms with Crippen LogP contribution in [0.1, 0.15) is 16.7 Å². The zero-order chi connectivity index (χ0) is 18.0. The van der Waals surface area contributed by atoms with Crippen LogP contribution in [0.5, 0.6) is 0 Å². The summed E-state index contributed by atoms with van der Waals surface area (Å²) >= 11 is 6.06. The molecule has 0 atom stereocenters. The van der Waals surface area contributed by atoms with Crippen LogP contribution in [0.4, 0.5) is 4.39 Å². The van der Waals surface area contributed by atoms with Crippen molar-refractivity contribution in [3.63, 3.8) is 0 Å². The van der Waals surface area contributed by atoms with Crippen LogP contribution < -0.4 is 0 Å². The Bertz CT molecular complexity index is 902. The van der Waals surface area contributed by atoms with Gasteiger partial charge in [0, 0.05) is 6.20 Å². The van der Waals surface area contributed by atoms with Gasteiger partial charge in [-0.15, -0.1) is 0 Å². The second-order valence-electron chi connectivity index (χ2n) is 6.01. The Morgan fingerprint density at radius 1 is 0.692 bits per heavy atom. The van der Waals surface area contributed by atoms with E-state index >= 15 is 0 Å². The summed E-state index contributed by atoms with van der Waals surface area (Å²) in [6, 6.07) is 29.5. The van der Waals surface area contributed by atoms with E-state index in [1.165, 1.54) is 4.57 Å². The molecule has 1 aromatic heterocycles. The van der Waals surface area contributed by atoms with Crippen LogP contribution in [-0.4, -0.2) is 9.55 Å². The summed E-state index contributed by atoms with van der Waals surface area (Å²) in [4.78, 5) is 3.82. The second-order valence-corrected chi connectivity index (χ2v) is 6.40. The van der Waals surface area contributed by atoms with E-state index in [4.69, 9.17) is 11.6 Å². The van der Waals surface area contributed by atoms with Crippen molar-refractivity contribution in [1.29, 1.82) is 0 Å². The van der Waals surface area contributed by atoms with Gasteiger partial charge >= 0.3 is 0 Å². The smallest absolute Gasteiger partial charge is 0.287 e. The standard InChI is InChI=1S/C22H16ClFN2/c23-20-16-26(21(24)25-20)22(17-10-4-1-5-11-17,18-12-6-2-7-13-18)19-14-8-3-9-15-19/h1-16H. The van der Waals surface area contributed by atoms with Gasteiger partial charge in [-0.3, -0.25) is 4.57 Å². The Morgan fingerprint density at radius 3 is 1.38 bits per heavy atom. The molecule has 0 radical (unpaired) electrons. The van der Waals surface area contributed by atoms with Crippen molar-refractivity contribution in [2.45, 2.75) is 5.54 Å². The maximum Gasteiger partial charge on any atom is 0.291 e. The number of nitrogens with zero attached hydrogens (tertiary/aromatic N) is 2. The van der Waals surface area contributed by atoms with E-state index in [0.717, 1.165) is 16.7 Å². The van der Waals surface area contributed by atoms with E-state index in [9.17, 15) is 4.39 Å². The summed E-state index contributed by atoms with van der Waals surface area (Å²) in [6.07, 6.45) is 0.913. The van der Waals surface area contributed by atoms with E-state index in [-0.39, 0.29) is 5.15 Å². The maximum atomic E-state index is 14.9. The summed E-state index contributed by atoms with van der Waals surface area (Å²) < 4.78 is 16.4. The van der Waals surface area contributed by atoms with E-state index in [0.29, 0.717) is 0 Å². The highest BCUT2D eigenvalue weighted by molar-refractivity contribution is 6.29. The van der Waals surface area contributed by atoms with Crippen LogP contribution in [0.25, 0.3) is 0 Å². The molecule has 0 saturated carbocycles. The molecular weight excluding hydrogens is 347 g/mol. The van der Waals surface area contributed by atoms with Crippen molar-refractivity contribution in [3.05, 3.63) is 125 Å². The molecule has 3 aromatic carbocycles. The molecule has 4 rings (SSSR count). The third-order valence-electron chi connectivity index (χ3n) is 4.57. The van der Waals surface area contributed by atoms with Gasteiger partial charge in [0.25, 0.3) is 6.08 Å². The summed E-state index contributed by atoms with van der Waals surface area (Å²) in [5.74, 6) is 0. The van der Waals surface area contributed by atoms with Crippen molar-refractivity contribution >= 4 is 11.6 Å². The monoisotopic (exact) mass is 362 g/mol. The lowest BCUT2D eigenvalue weighted by molar-refractivity contribution is 0.397. The second kappa shape index (κ2) is 6.77. The minimum absolute atomic E-state index is 0.120. The minimum atomic E-state index is -0.923. The fourth-order valence-electron chi connectivity index (χ4n) is 3.52. The first-order valence-electron chi connectivity index (χ1n) is 8.30. The Labute approximate surface area is 156 Å². The highest BCUT2D eigenvalue weighted by Crippen LogP contribution is 2.41. The first-order valence-corrected chi connectivity index (χ1v) is 8.68. The fraction of sp³-hybridized carbons (Fsp3) is 0.0455. The quantitative estimate of drug-likeness (QED) is 0.437. The summed E-state index contributed by atoms with van der Waals surface area (Å²) in [7, 11) is 0. The molecule has 0 aliphatic rings. The number of hydrogen-bond acceptors (Lipinski definition) is 1. The van der Waals surface area contributed by atoms with Gasteiger partial charge in [0.05, 0.1) is 0 Å². The van der Waals surface area contributed by atoms with E-state index < -0.39 is 11.6 Å². The highest BCUT2D eigenvalue weighted by Gasteiger charge is 2.40. The third-order valence-corrected chi connectivity index (χ3v) is 4.75. The molecule has 0 aliphatic carbocycles. The third kappa shape index (κ3) is 2.61. The zero-order valence-corrected chi connectivity index (χ0v) is 14.6. The van der Waals surface area contributed by atoms with Crippen LogP contribution in [0.15, 0.2) is 97.2 Å². The van der Waals surface area contributed by atoms with Gasteiger partial charge in [-0.25, -0.2) is 0 Å². The van der Waals surface area contributed by atoms with E-state index in [2.05, 4.69) is 4.98 Å². The van der Waals surface area contributed by atoms with Gasteiger partial charge in [0.2, 0.25) is 0 Å². The molecule has 0 bridgehead atoms. The molecule has 0 spiro atoms. The summed E-state index contributed by atoms with van der Waals surface area (Å²) in [5.41, 5.74) is 1.84. The highest BCUT2D eigenvalue weighted by atomic mass is 35.5. The van der Waals surface area contributed by atoms with Crippen molar-refractivity contribution in [2.75, 3.05) is 0 Å². The molecule has 26 heavy (non-hydrogen) atoms. The molecule has 2 nitrogen and oxygen atoms in total. The Hall–Kier alpha value is -2.91. The van der Waals surface area contributed by atoms with Gasteiger partial charge in [-0.2, -0.15) is 9.37 Å². The average molecular weight is 363 g/mol. The molecule has 0 saturated heterocycles. The lowest BCUT2D eigenvalue weighted by Gasteiger charge is -2.37. The van der Waals surface area contributed by atoms with Gasteiger partial charge < -0.3 is 0 Å². The van der Waals surface area contributed by atoms with Crippen molar-refractivity contribution < 1.29 is 4.39 Å². The molecule has 0 fully saturated rings. The largest absolute Gasteiger partial charge is 0.291 e. The van der Waals surface area contributed by atoms with Crippen LogP contribution in [0.3, 0.4) is 0 Å². The van der Waals surface area contributed by atoms with Gasteiger partial charge in [-0.05, 0) is 16.7 Å². The Morgan fingerprint density at radius 2 is 1.08 bits per heavy atom. The predicted octanol–water partition coefficient (Wildman–Crippen LogP) is 5.52. The van der Waals surface area contributed by atoms with Crippen LogP contribution in [0.2, 0.25) is 5.15 Å². The number of rotatable bonds is 4. The fourth-order valence-corrected chi connectivity index (χ4v) is 3.69. The van der Waals surface area contributed by atoms with E-state index in [1.54, 1.807) is 6.20 Å². The maximum absolute atomic E-state index is 14.9. The molecule has 1 heterocycles. The lowest BCUT2D eigenvalue weighted by atomic mass is 9.77. The topological polar surface area (TPSA) is 17.8 Å². The zero-order valence-electron chi connectivity index (χ0n) is 13.9. The predicted molar refractivity (Wildman–Crippen MR) is 102 cm³/mol. The first-order chi connectivity index (χ1) is 12.7. The molecule has 128 valence electrons. The number of hydrogen-bond donors (Lipinski definition) is 0. The lowest BCUT2D eigenvalue weighted by Crippen LogP contribution is -2.38. The first kappa shape index (κ1) is 16.6. The number of halogens is 2. The number of imidazole rings is 1. The molecule has 4 aromatic rings. The Kier molecular flexibility index (Phi) is 4.31. The summed E-state index contributed by atoms with van der Waals surface area (Å²) in [5, 5.41) is 0.120. The molecular formula is C22H16ClFN2. The number of aromatic nitrogens is 2. The molecule has 0 amide bonds. The molecule has 0 unspecified atom stereocenters. The molecule has 0 aliphatic heterocycles. The van der Waals surface area contributed by atoms with Crippen molar-refractivity contribution in [1.82, 2.24) is 9.55 Å². The minimum Gasteiger partial charge on any atom is -0.287 e. The molecule has 4 heteroatoms. The summed E-state index contributed by atoms with van der Waals surface area (Å²) in [6.45, 7) is 0. The Balaban J connectivity index is 2.16. The average Bonchev–Trinajstić information content (AvgIpc) is 3.03. The van der Waals surface area contributed by atoms with Crippen LogP contribution in [-0.2, 0) is 5.54 Å². The number of benzene rings is 3. The molecule has 0 N–H and O–H groups in total.